The lowest BCUT2D eigenvalue weighted by atomic mass is 10.1. The quantitative estimate of drug-likeness (QED) is 0.293. The van der Waals surface area contributed by atoms with Gasteiger partial charge in [0.15, 0.2) is 11.2 Å². The zero-order chi connectivity index (χ0) is 19.4. The van der Waals surface area contributed by atoms with Crippen LogP contribution in [0.5, 0.6) is 0 Å². The Kier molecular flexibility index (Phi) is 2.39. The van der Waals surface area contributed by atoms with Crippen LogP contribution in [0.1, 0.15) is 0 Å². The Morgan fingerprint density at radius 3 is 2.20 bits per heavy atom. The highest BCUT2D eigenvalue weighted by atomic mass is 16.3. The molecule has 0 spiro atoms. The fourth-order valence-electron chi connectivity index (χ4n) is 5.06. The summed E-state index contributed by atoms with van der Waals surface area (Å²) in [4.78, 5) is 10.0. The predicted octanol–water partition coefficient (Wildman–Crippen LogP) is 6.68. The molecule has 0 N–H and O–H groups in total. The molecule has 0 radical (unpaired) electrons. The van der Waals surface area contributed by atoms with E-state index >= 15 is 0 Å². The molecule has 0 unspecified atom stereocenters. The lowest BCUT2D eigenvalue weighted by molar-refractivity contribution is 0.671. The first-order valence-electron chi connectivity index (χ1n) is 10.0. The van der Waals surface area contributed by atoms with Gasteiger partial charge in [0, 0.05) is 26.9 Å². The van der Waals surface area contributed by atoms with Crippen molar-refractivity contribution in [2.45, 2.75) is 0 Å². The standard InChI is InChI=1S/C26H13N3O/c1-4-11-21-14(6-1)17-13-12-16-15-7-5-8-18-22-26(28-20-10-3-2-9-19(20)27-22)29(23(15)18)24(16)25(17)30-21/h1-13H. The van der Waals surface area contributed by atoms with Crippen molar-refractivity contribution >= 4 is 71.3 Å². The Labute approximate surface area is 169 Å². The molecule has 0 saturated carbocycles. The van der Waals surface area contributed by atoms with Crippen LogP contribution in [0.15, 0.2) is 83.3 Å². The Hall–Kier alpha value is -4.18. The molecule has 4 aromatic carbocycles. The summed E-state index contributed by atoms with van der Waals surface area (Å²) in [5, 5.41) is 5.77. The van der Waals surface area contributed by atoms with Crippen molar-refractivity contribution in [3.05, 3.63) is 78.9 Å². The largest absolute Gasteiger partial charge is 0.454 e. The van der Waals surface area contributed by atoms with Crippen LogP contribution in [0.3, 0.4) is 0 Å². The number of rotatable bonds is 0. The maximum absolute atomic E-state index is 6.39. The van der Waals surface area contributed by atoms with E-state index in [-0.39, 0.29) is 0 Å². The number of nitrogens with zero attached hydrogens (tertiary/aromatic N) is 3. The molecular formula is C26H13N3O. The van der Waals surface area contributed by atoms with Crippen LogP contribution in [0.25, 0.3) is 71.3 Å². The zero-order valence-electron chi connectivity index (χ0n) is 15.8. The van der Waals surface area contributed by atoms with Gasteiger partial charge in [-0.25, -0.2) is 9.97 Å². The van der Waals surface area contributed by atoms with Gasteiger partial charge in [-0.3, -0.25) is 4.40 Å². The van der Waals surface area contributed by atoms with Crippen LogP contribution in [0, 0.1) is 0 Å². The molecule has 4 heterocycles. The molecule has 8 aromatic rings. The first kappa shape index (κ1) is 14.8. The third-order valence-corrected chi connectivity index (χ3v) is 6.31. The highest BCUT2D eigenvalue weighted by Crippen LogP contribution is 2.42. The molecule has 0 bridgehead atoms. The van der Waals surface area contributed by atoms with Crippen LogP contribution in [0.2, 0.25) is 0 Å². The molecule has 4 aromatic heterocycles. The van der Waals surface area contributed by atoms with Crippen molar-refractivity contribution in [3.63, 3.8) is 0 Å². The first-order chi connectivity index (χ1) is 14.9. The molecule has 30 heavy (non-hydrogen) atoms. The number of benzene rings is 4. The normalized spacial score (nSPS) is 12.7. The molecule has 0 atom stereocenters. The third-order valence-electron chi connectivity index (χ3n) is 6.31. The van der Waals surface area contributed by atoms with Crippen molar-refractivity contribution in [3.8, 4) is 0 Å². The molecule has 0 aliphatic rings. The summed E-state index contributed by atoms with van der Waals surface area (Å²) >= 11 is 0. The highest BCUT2D eigenvalue weighted by Gasteiger charge is 2.22. The third kappa shape index (κ3) is 1.57. The average molecular weight is 383 g/mol. The van der Waals surface area contributed by atoms with Crippen molar-refractivity contribution < 1.29 is 4.42 Å². The lowest BCUT2D eigenvalue weighted by Gasteiger charge is -2.00. The second-order valence-corrected chi connectivity index (χ2v) is 7.86. The van der Waals surface area contributed by atoms with E-state index < -0.39 is 0 Å². The second-order valence-electron chi connectivity index (χ2n) is 7.86. The van der Waals surface area contributed by atoms with Gasteiger partial charge < -0.3 is 4.42 Å². The topological polar surface area (TPSA) is 43.3 Å². The van der Waals surface area contributed by atoms with Gasteiger partial charge >= 0.3 is 0 Å². The van der Waals surface area contributed by atoms with Gasteiger partial charge in [0.2, 0.25) is 0 Å². The fraction of sp³-hybridized carbons (Fsp3) is 0. The summed E-state index contributed by atoms with van der Waals surface area (Å²) in [7, 11) is 0. The van der Waals surface area contributed by atoms with E-state index in [2.05, 4.69) is 46.9 Å². The number of furan rings is 1. The lowest BCUT2D eigenvalue weighted by Crippen LogP contribution is -1.89. The van der Waals surface area contributed by atoms with Gasteiger partial charge in [-0.1, -0.05) is 54.6 Å². The summed E-state index contributed by atoms with van der Waals surface area (Å²) < 4.78 is 8.64. The first-order valence-corrected chi connectivity index (χ1v) is 10.0. The summed E-state index contributed by atoms with van der Waals surface area (Å²) in [6.45, 7) is 0. The maximum atomic E-state index is 6.39. The van der Waals surface area contributed by atoms with Crippen molar-refractivity contribution in [1.29, 1.82) is 0 Å². The van der Waals surface area contributed by atoms with Gasteiger partial charge in [0.05, 0.1) is 22.1 Å². The molecule has 0 amide bonds. The van der Waals surface area contributed by atoms with Crippen molar-refractivity contribution in [1.82, 2.24) is 14.4 Å². The van der Waals surface area contributed by atoms with Gasteiger partial charge in [-0.2, -0.15) is 0 Å². The zero-order valence-corrected chi connectivity index (χ0v) is 15.8. The van der Waals surface area contributed by atoms with Crippen molar-refractivity contribution in [2.75, 3.05) is 0 Å². The maximum Gasteiger partial charge on any atom is 0.165 e. The number of para-hydroxylation sites is 4. The summed E-state index contributed by atoms with van der Waals surface area (Å²) in [6.07, 6.45) is 0. The van der Waals surface area contributed by atoms with Gasteiger partial charge in [0.1, 0.15) is 11.1 Å². The van der Waals surface area contributed by atoms with Crippen LogP contribution in [-0.2, 0) is 0 Å². The molecule has 4 nitrogen and oxygen atoms in total. The van der Waals surface area contributed by atoms with E-state index in [1.165, 1.54) is 10.8 Å². The van der Waals surface area contributed by atoms with E-state index in [0.717, 1.165) is 60.6 Å². The van der Waals surface area contributed by atoms with Crippen LogP contribution >= 0.6 is 0 Å². The number of hydrogen-bond acceptors (Lipinski definition) is 3. The number of aromatic nitrogens is 3. The van der Waals surface area contributed by atoms with Gasteiger partial charge in [-0.15, -0.1) is 0 Å². The second kappa shape index (κ2) is 4.86. The Morgan fingerprint density at radius 1 is 0.567 bits per heavy atom. The summed E-state index contributed by atoms with van der Waals surface area (Å²) in [5.74, 6) is 0. The number of fused-ring (bicyclic) bond motifs is 11. The monoisotopic (exact) mass is 383 g/mol. The number of hydrogen-bond donors (Lipinski definition) is 0. The highest BCUT2D eigenvalue weighted by molar-refractivity contribution is 6.27. The molecule has 138 valence electrons. The summed E-state index contributed by atoms with van der Waals surface area (Å²) in [5.41, 5.74) is 7.65. The predicted molar refractivity (Wildman–Crippen MR) is 121 cm³/mol. The van der Waals surface area contributed by atoms with E-state index in [0.29, 0.717) is 0 Å². The fourth-order valence-corrected chi connectivity index (χ4v) is 5.06. The molecular weight excluding hydrogens is 370 g/mol. The van der Waals surface area contributed by atoms with Crippen LogP contribution in [0.4, 0.5) is 0 Å². The molecule has 0 fully saturated rings. The van der Waals surface area contributed by atoms with Crippen LogP contribution < -0.4 is 0 Å². The molecule has 0 aliphatic heterocycles. The van der Waals surface area contributed by atoms with Crippen molar-refractivity contribution in [2.24, 2.45) is 0 Å². The minimum Gasteiger partial charge on any atom is -0.454 e. The molecule has 4 heteroatoms. The van der Waals surface area contributed by atoms with E-state index in [9.17, 15) is 0 Å². The molecule has 0 saturated heterocycles. The SMILES string of the molecule is c1ccc2nc3c(nc2c1)c1cccc2c4ccc5c6ccccc6oc5c4n3c21. The molecule has 0 aliphatic carbocycles. The minimum absolute atomic E-state index is 0.878. The average Bonchev–Trinajstić information content (AvgIpc) is 3.43. The van der Waals surface area contributed by atoms with E-state index in [4.69, 9.17) is 14.4 Å². The van der Waals surface area contributed by atoms with Gasteiger partial charge in [-0.05, 0) is 24.3 Å². The van der Waals surface area contributed by atoms with Gasteiger partial charge in [0.25, 0.3) is 0 Å². The van der Waals surface area contributed by atoms with Crippen LogP contribution in [-0.4, -0.2) is 14.4 Å². The van der Waals surface area contributed by atoms with E-state index in [1.54, 1.807) is 0 Å². The molecule has 8 rings (SSSR count). The Morgan fingerprint density at radius 2 is 1.27 bits per heavy atom. The Bertz CT molecular complexity index is 1960. The smallest absolute Gasteiger partial charge is 0.165 e. The van der Waals surface area contributed by atoms with E-state index in [1.807, 2.05) is 36.4 Å². The Balaban J connectivity index is 1.74. The summed E-state index contributed by atoms with van der Waals surface area (Å²) in [6, 6.07) is 27.1. The minimum atomic E-state index is 0.878.